The summed E-state index contributed by atoms with van der Waals surface area (Å²) in [4.78, 5) is 36.6. The van der Waals surface area contributed by atoms with E-state index in [4.69, 9.17) is 4.74 Å². The Balaban J connectivity index is 2.67. The molecule has 0 unspecified atom stereocenters. The molecule has 0 saturated carbocycles. The second kappa shape index (κ2) is 10.9. The molecule has 0 saturated heterocycles. The van der Waals surface area contributed by atoms with Crippen LogP contribution in [0.2, 0.25) is 0 Å². The van der Waals surface area contributed by atoms with Gasteiger partial charge in [0.1, 0.15) is 5.82 Å². The molecule has 0 spiro atoms. The highest BCUT2D eigenvalue weighted by Crippen LogP contribution is 2.07. The Kier molecular flexibility index (Phi) is 8.87. The van der Waals surface area contributed by atoms with Crippen LogP contribution in [0.25, 0.3) is 0 Å². The lowest BCUT2D eigenvalue weighted by atomic mass is 10.2. The molecule has 2 N–H and O–H groups in total. The number of esters is 1. The third-order valence-electron chi connectivity index (χ3n) is 3.00. The molecule has 0 aromatic heterocycles. The standard InChI is InChI=1S/C17H22FN3O4/c1-3-9-19-17(24)20-15(22)11-21(12-16(23)25-4-2)10-13-5-7-14(18)8-6-13/h3,5-8H,1,4,9-12H2,2H3,(H2,19,20,22,24). The monoisotopic (exact) mass is 351 g/mol. The Morgan fingerprint density at radius 3 is 2.52 bits per heavy atom. The number of nitrogens with one attached hydrogen (secondary N) is 2. The van der Waals surface area contributed by atoms with E-state index >= 15 is 0 Å². The van der Waals surface area contributed by atoms with Crippen LogP contribution in [0.4, 0.5) is 9.18 Å². The van der Waals surface area contributed by atoms with Crippen molar-refractivity contribution in [2.45, 2.75) is 13.5 Å². The number of hydrogen-bond acceptors (Lipinski definition) is 5. The number of amides is 3. The molecule has 0 aliphatic rings. The number of carbonyl (C=O) groups excluding carboxylic acids is 3. The van der Waals surface area contributed by atoms with Crippen molar-refractivity contribution in [3.63, 3.8) is 0 Å². The van der Waals surface area contributed by atoms with Gasteiger partial charge in [-0.1, -0.05) is 18.2 Å². The fraction of sp³-hybridized carbons (Fsp3) is 0.353. The van der Waals surface area contributed by atoms with Crippen LogP contribution < -0.4 is 10.6 Å². The van der Waals surface area contributed by atoms with Crippen LogP contribution in [0.5, 0.6) is 0 Å². The number of carbonyl (C=O) groups is 3. The third kappa shape index (κ3) is 8.61. The van der Waals surface area contributed by atoms with Gasteiger partial charge in [0.05, 0.1) is 19.7 Å². The van der Waals surface area contributed by atoms with E-state index < -0.39 is 17.9 Å². The van der Waals surface area contributed by atoms with E-state index in [2.05, 4.69) is 17.2 Å². The molecule has 1 rings (SSSR count). The third-order valence-corrected chi connectivity index (χ3v) is 3.00. The summed E-state index contributed by atoms with van der Waals surface area (Å²) in [5, 5.41) is 4.57. The smallest absolute Gasteiger partial charge is 0.321 e. The fourth-order valence-electron chi connectivity index (χ4n) is 1.98. The zero-order valence-corrected chi connectivity index (χ0v) is 14.1. The zero-order chi connectivity index (χ0) is 18.7. The molecule has 0 bridgehead atoms. The van der Waals surface area contributed by atoms with E-state index in [1.54, 1.807) is 19.1 Å². The second-order valence-corrected chi connectivity index (χ2v) is 5.12. The molecule has 1 aromatic carbocycles. The Labute approximate surface area is 145 Å². The molecular weight excluding hydrogens is 329 g/mol. The topological polar surface area (TPSA) is 87.7 Å². The summed E-state index contributed by atoms with van der Waals surface area (Å²) in [6, 6.07) is 5.05. The van der Waals surface area contributed by atoms with Crippen molar-refractivity contribution in [2.24, 2.45) is 0 Å². The highest BCUT2D eigenvalue weighted by atomic mass is 19.1. The lowest BCUT2D eigenvalue weighted by Gasteiger charge is -2.20. The number of halogens is 1. The zero-order valence-electron chi connectivity index (χ0n) is 14.1. The van der Waals surface area contributed by atoms with Gasteiger partial charge in [-0.2, -0.15) is 0 Å². The van der Waals surface area contributed by atoms with Crippen LogP contribution in [0.3, 0.4) is 0 Å². The van der Waals surface area contributed by atoms with Crippen LogP contribution >= 0.6 is 0 Å². The predicted octanol–water partition coefficient (Wildman–Crippen LogP) is 1.20. The van der Waals surface area contributed by atoms with E-state index in [0.717, 1.165) is 5.56 Å². The van der Waals surface area contributed by atoms with Crippen molar-refractivity contribution in [2.75, 3.05) is 26.2 Å². The summed E-state index contributed by atoms with van der Waals surface area (Å²) in [6.07, 6.45) is 1.48. The van der Waals surface area contributed by atoms with Gasteiger partial charge in [0.2, 0.25) is 5.91 Å². The van der Waals surface area contributed by atoms with Gasteiger partial charge in [0.15, 0.2) is 0 Å². The van der Waals surface area contributed by atoms with Gasteiger partial charge in [-0.3, -0.25) is 19.8 Å². The number of ether oxygens (including phenoxy) is 1. The molecule has 0 atom stereocenters. The summed E-state index contributed by atoms with van der Waals surface area (Å²) in [6.45, 7) is 5.47. The summed E-state index contributed by atoms with van der Waals surface area (Å²) >= 11 is 0. The quantitative estimate of drug-likeness (QED) is 0.516. The Morgan fingerprint density at radius 1 is 1.24 bits per heavy atom. The van der Waals surface area contributed by atoms with Gasteiger partial charge in [-0.15, -0.1) is 6.58 Å². The van der Waals surface area contributed by atoms with E-state index in [-0.39, 0.29) is 38.6 Å². The number of hydrogen-bond donors (Lipinski definition) is 2. The Hall–Kier alpha value is -2.74. The first kappa shape index (κ1) is 20.3. The fourth-order valence-corrected chi connectivity index (χ4v) is 1.98. The minimum atomic E-state index is -0.650. The van der Waals surface area contributed by atoms with E-state index in [0.29, 0.717) is 0 Å². The van der Waals surface area contributed by atoms with Gasteiger partial charge in [-0.25, -0.2) is 9.18 Å². The predicted molar refractivity (Wildman–Crippen MR) is 90.0 cm³/mol. The maximum Gasteiger partial charge on any atom is 0.321 e. The van der Waals surface area contributed by atoms with Crippen molar-refractivity contribution in [3.05, 3.63) is 48.3 Å². The van der Waals surface area contributed by atoms with Crippen LogP contribution in [-0.4, -0.2) is 49.0 Å². The average molecular weight is 351 g/mol. The number of benzene rings is 1. The van der Waals surface area contributed by atoms with Crippen LogP contribution in [0.15, 0.2) is 36.9 Å². The lowest BCUT2D eigenvalue weighted by molar-refractivity contribution is -0.144. The first-order valence-corrected chi connectivity index (χ1v) is 7.75. The molecule has 25 heavy (non-hydrogen) atoms. The number of imide groups is 1. The minimum Gasteiger partial charge on any atom is -0.465 e. The number of urea groups is 1. The van der Waals surface area contributed by atoms with Gasteiger partial charge in [0.25, 0.3) is 0 Å². The Bertz CT molecular complexity index is 604. The van der Waals surface area contributed by atoms with Crippen molar-refractivity contribution in [3.8, 4) is 0 Å². The molecular formula is C17H22FN3O4. The highest BCUT2D eigenvalue weighted by molar-refractivity contribution is 5.95. The van der Waals surface area contributed by atoms with Crippen molar-refractivity contribution in [1.29, 1.82) is 0 Å². The molecule has 7 nitrogen and oxygen atoms in total. The average Bonchev–Trinajstić information content (AvgIpc) is 2.55. The summed E-state index contributed by atoms with van der Waals surface area (Å²) in [7, 11) is 0. The van der Waals surface area contributed by atoms with Crippen molar-refractivity contribution in [1.82, 2.24) is 15.5 Å². The first-order chi connectivity index (χ1) is 11.9. The summed E-state index contributed by atoms with van der Waals surface area (Å²) in [5.41, 5.74) is 0.717. The summed E-state index contributed by atoms with van der Waals surface area (Å²) in [5.74, 6) is -1.45. The second-order valence-electron chi connectivity index (χ2n) is 5.12. The molecule has 0 aliphatic heterocycles. The van der Waals surface area contributed by atoms with Gasteiger partial charge in [0, 0.05) is 13.1 Å². The highest BCUT2D eigenvalue weighted by Gasteiger charge is 2.17. The molecule has 0 heterocycles. The van der Waals surface area contributed by atoms with Crippen LogP contribution in [0, 0.1) is 5.82 Å². The van der Waals surface area contributed by atoms with Crippen LogP contribution in [0.1, 0.15) is 12.5 Å². The molecule has 0 aliphatic carbocycles. The van der Waals surface area contributed by atoms with Crippen LogP contribution in [-0.2, 0) is 20.9 Å². The Morgan fingerprint density at radius 2 is 1.92 bits per heavy atom. The molecule has 1 aromatic rings. The van der Waals surface area contributed by atoms with Crippen molar-refractivity contribution < 1.29 is 23.5 Å². The molecule has 0 radical (unpaired) electrons. The SMILES string of the molecule is C=CCNC(=O)NC(=O)CN(CC(=O)OCC)Cc1ccc(F)cc1. The van der Waals surface area contributed by atoms with Gasteiger partial charge >= 0.3 is 12.0 Å². The first-order valence-electron chi connectivity index (χ1n) is 7.75. The van der Waals surface area contributed by atoms with E-state index in [1.807, 2.05) is 0 Å². The van der Waals surface area contributed by atoms with Gasteiger partial charge in [-0.05, 0) is 24.6 Å². The minimum absolute atomic E-state index is 0.132. The number of nitrogens with zero attached hydrogens (tertiary/aromatic N) is 1. The van der Waals surface area contributed by atoms with E-state index in [9.17, 15) is 18.8 Å². The molecule has 0 fully saturated rings. The normalized spacial score (nSPS) is 10.2. The van der Waals surface area contributed by atoms with Gasteiger partial charge < -0.3 is 10.1 Å². The molecule has 3 amide bonds. The maximum atomic E-state index is 13.0. The van der Waals surface area contributed by atoms with E-state index in [1.165, 1.54) is 23.1 Å². The summed E-state index contributed by atoms with van der Waals surface area (Å²) < 4.78 is 17.9. The maximum absolute atomic E-state index is 13.0. The lowest BCUT2D eigenvalue weighted by Crippen LogP contribution is -2.45. The molecule has 8 heteroatoms. The number of rotatable bonds is 9. The molecule has 136 valence electrons. The van der Waals surface area contributed by atoms with Crippen molar-refractivity contribution >= 4 is 17.9 Å². The largest absolute Gasteiger partial charge is 0.465 e.